The van der Waals surface area contributed by atoms with Gasteiger partial charge in [0.2, 0.25) is 10.0 Å². The topological polar surface area (TPSA) is 118 Å². The second-order valence-electron chi connectivity index (χ2n) is 5.62. The monoisotopic (exact) mass is 377 g/mol. The number of sulfonamides is 1. The van der Waals surface area contributed by atoms with Crippen LogP contribution >= 0.6 is 0 Å². The molecule has 0 radical (unpaired) electrons. The van der Waals surface area contributed by atoms with Crippen molar-refractivity contribution in [2.45, 2.75) is 18.2 Å². The lowest BCUT2D eigenvalue weighted by Crippen LogP contribution is -2.30. The third kappa shape index (κ3) is 5.36. The van der Waals surface area contributed by atoms with Gasteiger partial charge >= 0.3 is 0 Å². The smallest absolute Gasteiger partial charge is 0.269 e. The van der Waals surface area contributed by atoms with E-state index < -0.39 is 14.9 Å². The quantitative estimate of drug-likeness (QED) is 0.414. The number of non-ortho nitro benzene ring substituents is 1. The molecule has 0 fully saturated rings. The van der Waals surface area contributed by atoms with Crippen molar-refractivity contribution in [2.24, 2.45) is 0 Å². The average molecular weight is 377 g/mol. The second kappa shape index (κ2) is 8.54. The van der Waals surface area contributed by atoms with Crippen molar-refractivity contribution in [3.05, 3.63) is 69.8 Å². The molecule has 9 heteroatoms. The van der Waals surface area contributed by atoms with E-state index in [2.05, 4.69) is 10.0 Å². The van der Waals surface area contributed by atoms with E-state index in [1.807, 2.05) is 6.92 Å². The molecule has 0 aliphatic rings. The van der Waals surface area contributed by atoms with E-state index in [1.54, 1.807) is 12.1 Å². The first-order chi connectivity index (χ1) is 12.3. The highest BCUT2D eigenvalue weighted by atomic mass is 32.2. The van der Waals surface area contributed by atoms with Gasteiger partial charge in [-0.1, -0.05) is 17.7 Å². The van der Waals surface area contributed by atoms with Gasteiger partial charge in [-0.3, -0.25) is 14.9 Å². The van der Waals surface area contributed by atoms with E-state index in [0.717, 1.165) is 5.56 Å². The van der Waals surface area contributed by atoms with E-state index in [4.69, 9.17) is 0 Å². The summed E-state index contributed by atoms with van der Waals surface area (Å²) in [4.78, 5) is 22.1. The molecule has 0 saturated carbocycles. The summed E-state index contributed by atoms with van der Waals surface area (Å²) in [5.74, 6) is -0.374. The van der Waals surface area contributed by atoms with Crippen molar-refractivity contribution in [1.82, 2.24) is 10.0 Å². The molecule has 0 aromatic heterocycles. The predicted octanol–water partition coefficient (Wildman–Crippen LogP) is 2.00. The van der Waals surface area contributed by atoms with Gasteiger partial charge in [0.1, 0.15) is 0 Å². The van der Waals surface area contributed by atoms with Crippen LogP contribution in [0.2, 0.25) is 0 Å². The maximum Gasteiger partial charge on any atom is 0.269 e. The number of hydrogen-bond acceptors (Lipinski definition) is 5. The standard InChI is InChI=1S/C17H19N3O5S/c1-13-3-9-16(10-4-13)26(24,25)19-12-2-11-18-17(21)14-5-7-15(8-6-14)20(22)23/h3-10,19H,2,11-12H2,1H3,(H,18,21). The Morgan fingerprint density at radius 2 is 1.65 bits per heavy atom. The van der Waals surface area contributed by atoms with Crippen molar-refractivity contribution >= 4 is 21.6 Å². The van der Waals surface area contributed by atoms with Crippen LogP contribution in [0.15, 0.2) is 53.4 Å². The molecule has 26 heavy (non-hydrogen) atoms. The zero-order valence-electron chi connectivity index (χ0n) is 14.1. The molecule has 138 valence electrons. The van der Waals surface area contributed by atoms with E-state index >= 15 is 0 Å². The zero-order chi connectivity index (χ0) is 19.2. The van der Waals surface area contributed by atoms with E-state index in [1.165, 1.54) is 36.4 Å². The number of nitro benzene ring substituents is 1. The summed E-state index contributed by atoms with van der Waals surface area (Å²) in [6.45, 7) is 2.32. The second-order valence-corrected chi connectivity index (χ2v) is 7.39. The summed E-state index contributed by atoms with van der Waals surface area (Å²) in [7, 11) is -3.57. The number of benzene rings is 2. The average Bonchev–Trinajstić information content (AvgIpc) is 2.61. The van der Waals surface area contributed by atoms with Crippen LogP contribution in [0.3, 0.4) is 0 Å². The number of carbonyl (C=O) groups is 1. The van der Waals surface area contributed by atoms with Crippen LogP contribution < -0.4 is 10.0 Å². The highest BCUT2D eigenvalue weighted by Gasteiger charge is 2.13. The van der Waals surface area contributed by atoms with Gasteiger partial charge < -0.3 is 5.32 Å². The Hall–Kier alpha value is -2.78. The number of amides is 1. The normalized spacial score (nSPS) is 11.1. The highest BCUT2D eigenvalue weighted by Crippen LogP contribution is 2.12. The Kier molecular flexibility index (Phi) is 6.42. The number of nitrogens with zero attached hydrogens (tertiary/aromatic N) is 1. The first-order valence-electron chi connectivity index (χ1n) is 7.88. The van der Waals surface area contributed by atoms with Crippen molar-refractivity contribution in [2.75, 3.05) is 13.1 Å². The Balaban J connectivity index is 1.77. The number of nitrogens with one attached hydrogen (secondary N) is 2. The van der Waals surface area contributed by atoms with Gasteiger partial charge in [-0.2, -0.15) is 0 Å². The largest absolute Gasteiger partial charge is 0.352 e. The molecule has 0 spiro atoms. The molecule has 0 atom stereocenters. The third-order valence-corrected chi connectivity index (χ3v) is 5.08. The van der Waals surface area contributed by atoms with E-state index in [-0.39, 0.29) is 29.6 Å². The maximum atomic E-state index is 12.1. The Labute approximate surface area is 151 Å². The van der Waals surface area contributed by atoms with Crippen molar-refractivity contribution in [3.8, 4) is 0 Å². The van der Waals surface area contributed by atoms with Gasteiger partial charge in [0.05, 0.1) is 9.82 Å². The molecule has 2 N–H and O–H groups in total. The highest BCUT2D eigenvalue weighted by molar-refractivity contribution is 7.89. The zero-order valence-corrected chi connectivity index (χ0v) is 15.0. The van der Waals surface area contributed by atoms with Gasteiger partial charge in [-0.15, -0.1) is 0 Å². The third-order valence-electron chi connectivity index (χ3n) is 3.60. The van der Waals surface area contributed by atoms with Gasteiger partial charge in [-0.25, -0.2) is 13.1 Å². The molecule has 0 aliphatic heterocycles. The SMILES string of the molecule is Cc1ccc(S(=O)(=O)NCCCNC(=O)c2ccc([N+](=O)[O-])cc2)cc1. The van der Waals surface area contributed by atoms with Crippen LogP contribution in [0.1, 0.15) is 22.3 Å². The summed E-state index contributed by atoms with van der Waals surface area (Å²) in [5.41, 5.74) is 1.18. The van der Waals surface area contributed by atoms with Crippen LogP contribution in [0, 0.1) is 17.0 Å². The van der Waals surface area contributed by atoms with Crippen molar-refractivity contribution < 1.29 is 18.1 Å². The molecule has 2 rings (SSSR count). The van der Waals surface area contributed by atoms with E-state index in [0.29, 0.717) is 12.0 Å². The molecule has 8 nitrogen and oxygen atoms in total. The Morgan fingerprint density at radius 1 is 1.04 bits per heavy atom. The van der Waals surface area contributed by atoms with Crippen molar-refractivity contribution in [3.63, 3.8) is 0 Å². The Morgan fingerprint density at radius 3 is 2.23 bits per heavy atom. The molecular weight excluding hydrogens is 358 g/mol. The minimum absolute atomic E-state index is 0.0907. The minimum Gasteiger partial charge on any atom is -0.352 e. The number of nitro groups is 1. The minimum atomic E-state index is -3.57. The van der Waals surface area contributed by atoms with Gasteiger partial charge in [0, 0.05) is 30.8 Å². The predicted molar refractivity (Wildman–Crippen MR) is 96.4 cm³/mol. The van der Waals surface area contributed by atoms with E-state index in [9.17, 15) is 23.3 Å². The molecule has 0 saturated heterocycles. The van der Waals surface area contributed by atoms with Gasteiger partial charge in [0.25, 0.3) is 11.6 Å². The lowest BCUT2D eigenvalue weighted by atomic mass is 10.2. The molecule has 1 amide bonds. The maximum absolute atomic E-state index is 12.1. The van der Waals surface area contributed by atoms with Gasteiger partial charge in [0.15, 0.2) is 0 Å². The van der Waals surface area contributed by atoms with Crippen LogP contribution in [-0.4, -0.2) is 32.3 Å². The summed E-state index contributed by atoms with van der Waals surface area (Å²) < 4.78 is 26.7. The molecular formula is C17H19N3O5S. The first-order valence-corrected chi connectivity index (χ1v) is 9.37. The fraction of sp³-hybridized carbons (Fsp3) is 0.235. The summed E-state index contributed by atoms with van der Waals surface area (Å²) in [6.07, 6.45) is 0.407. The Bertz CT molecular complexity index is 878. The van der Waals surface area contributed by atoms with Crippen LogP contribution in [0.4, 0.5) is 5.69 Å². The molecule has 0 bridgehead atoms. The molecule has 2 aromatic rings. The fourth-order valence-electron chi connectivity index (χ4n) is 2.13. The lowest BCUT2D eigenvalue weighted by molar-refractivity contribution is -0.384. The number of aryl methyl sites for hydroxylation is 1. The van der Waals surface area contributed by atoms with Crippen LogP contribution in [0.5, 0.6) is 0 Å². The molecule has 0 unspecified atom stereocenters. The fourth-order valence-corrected chi connectivity index (χ4v) is 3.21. The number of rotatable bonds is 8. The first kappa shape index (κ1) is 19.5. The molecule has 0 heterocycles. The summed E-state index contributed by atoms with van der Waals surface area (Å²) >= 11 is 0. The summed E-state index contributed by atoms with van der Waals surface area (Å²) in [5, 5.41) is 13.2. The molecule has 0 aliphatic carbocycles. The van der Waals surface area contributed by atoms with Crippen LogP contribution in [0.25, 0.3) is 0 Å². The lowest BCUT2D eigenvalue weighted by Gasteiger charge is -2.08. The van der Waals surface area contributed by atoms with Crippen LogP contribution in [-0.2, 0) is 10.0 Å². The molecule has 2 aromatic carbocycles. The number of carbonyl (C=O) groups excluding carboxylic acids is 1. The van der Waals surface area contributed by atoms with Crippen molar-refractivity contribution in [1.29, 1.82) is 0 Å². The number of hydrogen-bond donors (Lipinski definition) is 2. The van der Waals surface area contributed by atoms with Gasteiger partial charge in [-0.05, 0) is 37.6 Å². The summed E-state index contributed by atoms with van der Waals surface area (Å²) in [6, 6.07) is 11.8.